The number of aliphatic hydroxyl groups is 3. The molecule has 4 heteroatoms. The molecule has 4 rings (SSSR count). The van der Waals surface area contributed by atoms with E-state index in [1.54, 1.807) is 0 Å². The second-order valence-electron chi connectivity index (χ2n) is 9.00. The Morgan fingerprint density at radius 1 is 1.17 bits per heavy atom. The zero-order valence-corrected chi connectivity index (χ0v) is 14.0. The molecular formula is C19H30O4. The number of Topliss-reactive ketones (excluding diaryl/α,β-unsaturated/α-hetero) is 1. The Morgan fingerprint density at radius 3 is 2.65 bits per heavy atom. The molecule has 9 unspecified atom stereocenters. The molecule has 4 nitrogen and oxygen atoms in total. The maximum atomic E-state index is 11.2. The van der Waals surface area contributed by atoms with Crippen LogP contribution in [0.15, 0.2) is 0 Å². The molecule has 3 N–H and O–H groups in total. The van der Waals surface area contributed by atoms with E-state index in [1.165, 1.54) is 19.8 Å². The third kappa shape index (κ3) is 2.77. The predicted molar refractivity (Wildman–Crippen MR) is 85.5 cm³/mol. The van der Waals surface area contributed by atoms with Gasteiger partial charge in [-0.1, -0.05) is 0 Å². The number of fused-ring (bicyclic) bond motifs is 5. The summed E-state index contributed by atoms with van der Waals surface area (Å²) in [7, 11) is 0. The van der Waals surface area contributed by atoms with E-state index in [0.29, 0.717) is 36.5 Å². The smallest absolute Gasteiger partial charge is 0.158 e. The molecule has 0 saturated heterocycles. The van der Waals surface area contributed by atoms with Gasteiger partial charge in [0.15, 0.2) is 5.78 Å². The van der Waals surface area contributed by atoms with Crippen molar-refractivity contribution in [2.75, 3.05) is 0 Å². The monoisotopic (exact) mass is 322 g/mol. The van der Waals surface area contributed by atoms with Crippen molar-refractivity contribution in [2.24, 2.45) is 35.5 Å². The summed E-state index contributed by atoms with van der Waals surface area (Å²) in [6, 6.07) is 0. The van der Waals surface area contributed by atoms with Gasteiger partial charge in [0.05, 0.1) is 11.7 Å². The molecular weight excluding hydrogens is 292 g/mol. The molecule has 0 spiro atoms. The number of ketones is 1. The van der Waals surface area contributed by atoms with Gasteiger partial charge in [-0.05, 0) is 93.8 Å². The zero-order valence-electron chi connectivity index (χ0n) is 14.0. The minimum absolute atomic E-state index is 0.181. The van der Waals surface area contributed by atoms with E-state index in [-0.39, 0.29) is 11.9 Å². The van der Waals surface area contributed by atoms with E-state index in [4.69, 9.17) is 0 Å². The molecule has 9 atom stereocenters. The van der Waals surface area contributed by atoms with Gasteiger partial charge in [-0.2, -0.15) is 0 Å². The molecule has 0 aromatic rings. The van der Waals surface area contributed by atoms with Crippen molar-refractivity contribution in [3.05, 3.63) is 0 Å². The Labute approximate surface area is 138 Å². The largest absolute Gasteiger partial charge is 0.393 e. The van der Waals surface area contributed by atoms with Crippen LogP contribution in [0.3, 0.4) is 0 Å². The van der Waals surface area contributed by atoms with Gasteiger partial charge in [0.2, 0.25) is 0 Å². The van der Waals surface area contributed by atoms with Crippen molar-refractivity contribution >= 4 is 5.78 Å². The molecule has 0 radical (unpaired) electrons. The molecule has 0 bridgehead atoms. The highest BCUT2D eigenvalue weighted by Crippen LogP contribution is 2.66. The maximum Gasteiger partial charge on any atom is 0.158 e. The molecule has 23 heavy (non-hydrogen) atoms. The molecule has 130 valence electrons. The predicted octanol–water partition coefficient (Wildman–Crippen LogP) is 1.90. The third-order valence-electron chi connectivity index (χ3n) is 7.62. The summed E-state index contributed by atoms with van der Waals surface area (Å²) in [6.07, 6.45) is 5.73. The number of hydrogen-bond donors (Lipinski definition) is 3. The average Bonchev–Trinajstić information content (AvgIpc) is 3.16. The van der Waals surface area contributed by atoms with E-state index in [0.717, 1.165) is 37.5 Å². The molecule has 0 heterocycles. The number of hydrogen-bond acceptors (Lipinski definition) is 4. The Balaban J connectivity index is 1.42. The molecule has 4 aliphatic carbocycles. The van der Waals surface area contributed by atoms with Crippen LogP contribution < -0.4 is 0 Å². The molecule has 0 amide bonds. The first-order valence-electron chi connectivity index (χ1n) is 9.47. The van der Waals surface area contributed by atoms with Gasteiger partial charge in [0, 0.05) is 0 Å². The van der Waals surface area contributed by atoms with Crippen LogP contribution >= 0.6 is 0 Å². The minimum Gasteiger partial charge on any atom is -0.393 e. The Morgan fingerprint density at radius 2 is 1.91 bits per heavy atom. The summed E-state index contributed by atoms with van der Waals surface area (Å²) in [5.41, 5.74) is -0.758. The summed E-state index contributed by atoms with van der Waals surface area (Å²) in [5, 5.41) is 31.2. The van der Waals surface area contributed by atoms with Crippen molar-refractivity contribution in [3.8, 4) is 0 Å². The fraction of sp³-hybridized carbons (Fsp3) is 0.947. The summed E-state index contributed by atoms with van der Waals surface area (Å²) in [5.74, 6) is 3.83. The highest BCUT2D eigenvalue weighted by molar-refractivity contribution is 5.80. The Kier molecular flexibility index (Phi) is 3.86. The average molecular weight is 322 g/mol. The van der Waals surface area contributed by atoms with E-state index >= 15 is 0 Å². The summed E-state index contributed by atoms with van der Waals surface area (Å²) in [6.45, 7) is 1.40. The molecule has 0 aromatic carbocycles. The number of carbonyl (C=O) groups excluding carboxylic acids is 1. The molecule has 4 saturated carbocycles. The van der Waals surface area contributed by atoms with Crippen LogP contribution in [0, 0.1) is 35.5 Å². The second kappa shape index (κ2) is 5.53. The lowest BCUT2D eigenvalue weighted by atomic mass is 9.57. The standard InChI is InChI=1S/C19H30O4/c1-10(20)16(21)3-5-19(23)4-2-13-12(9-19)8-17(22)15-7-11-6-14(11)18(13)15/h11-18,21-23H,2-9H2,1H3. The Hall–Kier alpha value is -0.450. The summed E-state index contributed by atoms with van der Waals surface area (Å²) >= 11 is 0. The quantitative estimate of drug-likeness (QED) is 0.739. The second-order valence-corrected chi connectivity index (χ2v) is 9.00. The summed E-state index contributed by atoms with van der Waals surface area (Å²) in [4.78, 5) is 11.2. The number of rotatable bonds is 4. The summed E-state index contributed by atoms with van der Waals surface area (Å²) < 4.78 is 0. The van der Waals surface area contributed by atoms with E-state index in [1.807, 2.05) is 0 Å². The first-order chi connectivity index (χ1) is 10.9. The Bertz CT molecular complexity index is 492. The third-order valence-corrected chi connectivity index (χ3v) is 7.62. The topological polar surface area (TPSA) is 77.8 Å². The van der Waals surface area contributed by atoms with Crippen LogP contribution in [-0.2, 0) is 4.79 Å². The molecule has 4 fully saturated rings. The highest BCUT2D eigenvalue weighted by Gasteiger charge is 2.61. The first-order valence-corrected chi connectivity index (χ1v) is 9.47. The molecule has 4 aliphatic rings. The normalized spacial score (nSPS) is 52.3. The van der Waals surface area contributed by atoms with Gasteiger partial charge in [0.1, 0.15) is 6.10 Å². The van der Waals surface area contributed by atoms with Crippen molar-refractivity contribution in [1.82, 2.24) is 0 Å². The van der Waals surface area contributed by atoms with Crippen LogP contribution in [0.5, 0.6) is 0 Å². The van der Waals surface area contributed by atoms with Crippen molar-refractivity contribution in [2.45, 2.75) is 76.1 Å². The lowest BCUT2D eigenvalue weighted by molar-refractivity contribution is -0.127. The fourth-order valence-corrected chi connectivity index (χ4v) is 6.38. The van der Waals surface area contributed by atoms with Crippen molar-refractivity contribution in [1.29, 1.82) is 0 Å². The number of aliphatic hydroxyl groups excluding tert-OH is 2. The van der Waals surface area contributed by atoms with Gasteiger partial charge < -0.3 is 15.3 Å². The van der Waals surface area contributed by atoms with Crippen molar-refractivity contribution in [3.63, 3.8) is 0 Å². The van der Waals surface area contributed by atoms with Crippen molar-refractivity contribution < 1.29 is 20.1 Å². The van der Waals surface area contributed by atoms with Crippen LogP contribution in [0.2, 0.25) is 0 Å². The van der Waals surface area contributed by atoms with E-state index < -0.39 is 11.7 Å². The van der Waals surface area contributed by atoms with Gasteiger partial charge >= 0.3 is 0 Å². The van der Waals surface area contributed by atoms with Gasteiger partial charge in [-0.3, -0.25) is 4.79 Å². The lowest BCUT2D eigenvalue weighted by Crippen LogP contribution is -2.49. The van der Waals surface area contributed by atoms with Gasteiger partial charge in [0.25, 0.3) is 0 Å². The van der Waals surface area contributed by atoms with E-state index in [2.05, 4.69) is 0 Å². The lowest BCUT2D eigenvalue weighted by Gasteiger charge is -2.51. The zero-order chi connectivity index (χ0) is 16.4. The fourth-order valence-electron chi connectivity index (χ4n) is 6.38. The molecule has 0 aromatic heterocycles. The van der Waals surface area contributed by atoms with Gasteiger partial charge in [-0.15, -0.1) is 0 Å². The van der Waals surface area contributed by atoms with Gasteiger partial charge in [-0.25, -0.2) is 0 Å². The maximum absolute atomic E-state index is 11.2. The van der Waals surface area contributed by atoms with Crippen LogP contribution in [0.4, 0.5) is 0 Å². The van der Waals surface area contributed by atoms with Crippen LogP contribution in [-0.4, -0.2) is 38.9 Å². The first kappa shape index (κ1) is 16.0. The van der Waals surface area contributed by atoms with E-state index in [9.17, 15) is 20.1 Å². The molecule has 0 aliphatic heterocycles. The van der Waals surface area contributed by atoms with Crippen LogP contribution in [0.1, 0.15) is 58.3 Å². The van der Waals surface area contributed by atoms with Crippen LogP contribution in [0.25, 0.3) is 0 Å². The SMILES string of the molecule is CC(=O)C(O)CCC1(O)CCC2C(CC(O)C3CC4CC4C32)C1. The minimum atomic E-state index is -0.944. The number of carbonyl (C=O) groups is 1. The highest BCUT2D eigenvalue weighted by atomic mass is 16.3.